The molecule has 0 saturated carbocycles. The van der Waals surface area contributed by atoms with Crippen LogP contribution in [0.4, 0.5) is 5.69 Å². The van der Waals surface area contributed by atoms with Crippen LogP contribution in [0.1, 0.15) is 27.7 Å². The van der Waals surface area contributed by atoms with E-state index in [0.29, 0.717) is 0 Å². The van der Waals surface area contributed by atoms with Gasteiger partial charge in [0.2, 0.25) is 0 Å². The van der Waals surface area contributed by atoms with Gasteiger partial charge in [0.15, 0.2) is 0 Å². The molecule has 0 heterocycles. The summed E-state index contributed by atoms with van der Waals surface area (Å²) < 4.78 is 0. The van der Waals surface area contributed by atoms with Crippen molar-refractivity contribution < 1.29 is 10.2 Å². The van der Waals surface area contributed by atoms with Crippen LogP contribution in [0.3, 0.4) is 0 Å². The Balaban J connectivity index is 0.000000279. The van der Waals surface area contributed by atoms with Crippen LogP contribution in [-0.2, 0) is 0 Å². The lowest BCUT2D eigenvalue weighted by Gasteiger charge is -2.31. The molecule has 3 nitrogen and oxygen atoms in total. The summed E-state index contributed by atoms with van der Waals surface area (Å²) in [5, 5.41) is 18.2. The summed E-state index contributed by atoms with van der Waals surface area (Å²) >= 11 is 0. The smallest absolute Gasteiger partial charge is 0.0872 e. The lowest BCUT2D eigenvalue weighted by atomic mass is 9.90. The van der Waals surface area contributed by atoms with Crippen LogP contribution >= 0.6 is 0 Å². The Bertz CT molecular complexity index is 830. The molecule has 0 aliphatic heterocycles. The summed E-state index contributed by atoms with van der Waals surface area (Å²) in [5.74, 6) is 0. The summed E-state index contributed by atoms with van der Waals surface area (Å²) in [7, 11) is 0. The predicted octanol–water partition coefficient (Wildman–Crippen LogP) is 5.13. The third kappa shape index (κ3) is 5.95. The van der Waals surface area contributed by atoms with Gasteiger partial charge in [0, 0.05) is 5.69 Å². The van der Waals surface area contributed by atoms with Gasteiger partial charge in [-0.3, -0.25) is 0 Å². The zero-order chi connectivity index (χ0) is 20.1. The maximum atomic E-state index is 9.10. The van der Waals surface area contributed by atoms with Crippen LogP contribution in [0.15, 0.2) is 78.9 Å². The van der Waals surface area contributed by atoms with E-state index in [1.807, 2.05) is 18.2 Å². The van der Waals surface area contributed by atoms with Crippen LogP contribution in [-0.4, -0.2) is 21.4 Å². The van der Waals surface area contributed by atoms with Crippen molar-refractivity contribution >= 4 is 5.69 Å². The van der Waals surface area contributed by atoms with Gasteiger partial charge in [-0.05, 0) is 68.1 Å². The van der Waals surface area contributed by atoms with Gasteiger partial charge < -0.3 is 15.9 Å². The topological polar surface area (TPSA) is 66.5 Å². The van der Waals surface area contributed by atoms with E-state index >= 15 is 0 Å². The van der Waals surface area contributed by atoms with Crippen molar-refractivity contribution in [3.8, 4) is 22.3 Å². The van der Waals surface area contributed by atoms with E-state index in [9.17, 15) is 0 Å². The Morgan fingerprint density at radius 3 is 1.41 bits per heavy atom. The van der Waals surface area contributed by atoms with Crippen molar-refractivity contribution in [2.45, 2.75) is 38.9 Å². The van der Waals surface area contributed by atoms with Crippen molar-refractivity contribution in [3.63, 3.8) is 0 Å². The van der Waals surface area contributed by atoms with Crippen LogP contribution in [0.2, 0.25) is 0 Å². The molecule has 3 aromatic rings. The van der Waals surface area contributed by atoms with Crippen LogP contribution in [0, 0.1) is 0 Å². The first-order chi connectivity index (χ1) is 12.6. The highest BCUT2D eigenvalue weighted by Crippen LogP contribution is 2.26. The number of nitrogen functional groups attached to an aromatic ring is 1. The molecular formula is C24H29NO2. The number of nitrogens with two attached hydrogens (primary N) is 1. The third-order valence-electron chi connectivity index (χ3n) is 4.71. The van der Waals surface area contributed by atoms with E-state index in [2.05, 4.69) is 60.7 Å². The zero-order valence-corrected chi connectivity index (χ0v) is 16.5. The molecule has 0 fully saturated rings. The van der Waals surface area contributed by atoms with Crippen LogP contribution in [0.25, 0.3) is 22.3 Å². The molecule has 0 bridgehead atoms. The summed E-state index contributed by atoms with van der Waals surface area (Å²) in [6.45, 7) is 6.31. The number of anilines is 1. The molecular weight excluding hydrogens is 334 g/mol. The minimum atomic E-state index is -1.01. The first-order valence-corrected chi connectivity index (χ1v) is 9.04. The number of aliphatic hydroxyl groups is 2. The van der Waals surface area contributed by atoms with Crippen LogP contribution < -0.4 is 5.73 Å². The van der Waals surface area contributed by atoms with Gasteiger partial charge >= 0.3 is 0 Å². The number of hydrogen-bond acceptors (Lipinski definition) is 3. The molecule has 0 spiro atoms. The highest BCUT2D eigenvalue weighted by atomic mass is 16.3. The van der Waals surface area contributed by atoms with Gasteiger partial charge in [-0.15, -0.1) is 0 Å². The second-order valence-electron chi connectivity index (χ2n) is 7.69. The lowest BCUT2D eigenvalue weighted by molar-refractivity contribution is -0.107. The first-order valence-electron chi connectivity index (χ1n) is 9.04. The SMILES string of the molecule is CC(C)(O)C(C)(C)O.Nc1ccc(-c2cccc(-c3ccccc3)c2)cc1. The minimum Gasteiger partial charge on any atom is -0.399 e. The van der Waals surface area contributed by atoms with Gasteiger partial charge in [-0.25, -0.2) is 0 Å². The highest BCUT2D eigenvalue weighted by Gasteiger charge is 2.31. The molecule has 0 atom stereocenters. The second-order valence-corrected chi connectivity index (χ2v) is 7.69. The Morgan fingerprint density at radius 2 is 0.963 bits per heavy atom. The number of rotatable bonds is 3. The quantitative estimate of drug-likeness (QED) is 0.565. The Morgan fingerprint density at radius 1 is 0.556 bits per heavy atom. The van der Waals surface area contributed by atoms with E-state index in [0.717, 1.165) is 5.69 Å². The molecule has 142 valence electrons. The minimum absolute atomic E-state index is 0.794. The predicted molar refractivity (Wildman–Crippen MR) is 114 cm³/mol. The summed E-state index contributed by atoms with van der Waals surface area (Å²) in [5.41, 5.74) is 9.37. The van der Waals surface area contributed by atoms with Gasteiger partial charge in [0.25, 0.3) is 0 Å². The maximum absolute atomic E-state index is 9.10. The standard InChI is InChI=1S/C18H15N.C6H14O2/c19-18-11-9-15(10-12-18)17-8-4-7-16(13-17)14-5-2-1-3-6-14;1-5(2,7)6(3,4)8/h1-13H,19H2;7-8H,1-4H3. The fourth-order valence-electron chi connectivity index (χ4n) is 2.18. The van der Waals surface area contributed by atoms with Crippen LogP contribution in [0.5, 0.6) is 0 Å². The van der Waals surface area contributed by atoms with E-state index in [1.54, 1.807) is 27.7 Å². The van der Waals surface area contributed by atoms with E-state index in [1.165, 1.54) is 22.3 Å². The van der Waals surface area contributed by atoms with E-state index in [-0.39, 0.29) is 0 Å². The molecule has 0 amide bonds. The number of hydrogen-bond donors (Lipinski definition) is 3. The lowest BCUT2D eigenvalue weighted by Crippen LogP contribution is -2.44. The van der Waals surface area contributed by atoms with Crippen molar-refractivity contribution in [2.24, 2.45) is 0 Å². The van der Waals surface area contributed by atoms with E-state index < -0.39 is 11.2 Å². The van der Waals surface area contributed by atoms with Crippen molar-refractivity contribution in [1.29, 1.82) is 0 Å². The molecule has 27 heavy (non-hydrogen) atoms. The van der Waals surface area contributed by atoms with Gasteiger partial charge in [0.05, 0.1) is 11.2 Å². The van der Waals surface area contributed by atoms with Gasteiger partial charge in [-0.2, -0.15) is 0 Å². The number of benzene rings is 3. The largest absolute Gasteiger partial charge is 0.399 e. The summed E-state index contributed by atoms with van der Waals surface area (Å²) in [4.78, 5) is 0. The molecule has 0 aliphatic carbocycles. The maximum Gasteiger partial charge on any atom is 0.0872 e. The Hall–Kier alpha value is -2.62. The molecule has 0 aliphatic rings. The van der Waals surface area contributed by atoms with Crippen molar-refractivity contribution in [2.75, 3.05) is 5.73 Å². The third-order valence-corrected chi connectivity index (χ3v) is 4.71. The molecule has 3 rings (SSSR count). The molecule has 0 unspecified atom stereocenters. The fourth-order valence-corrected chi connectivity index (χ4v) is 2.18. The Labute approximate surface area is 162 Å². The molecule has 3 aromatic carbocycles. The van der Waals surface area contributed by atoms with E-state index in [4.69, 9.17) is 15.9 Å². The zero-order valence-electron chi connectivity index (χ0n) is 16.5. The monoisotopic (exact) mass is 363 g/mol. The molecule has 3 heteroatoms. The highest BCUT2D eigenvalue weighted by molar-refractivity contribution is 5.73. The summed E-state index contributed by atoms with van der Waals surface area (Å²) in [6.07, 6.45) is 0. The first kappa shape index (κ1) is 20.7. The fraction of sp³-hybridized carbons (Fsp3) is 0.250. The van der Waals surface area contributed by atoms with Gasteiger partial charge in [0.1, 0.15) is 0 Å². The van der Waals surface area contributed by atoms with Crippen molar-refractivity contribution in [3.05, 3.63) is 78.9 Å². The molecule has 0 radical (unpaired) electrons. The molecule has 0 aromatic heterocycles. The molecule has 4 N–H and O–H groups in total. The average molecular weight is 364 g/mol. The summed E-state index contributed by atoms with van der Waals surface area (Å²) in [6, 6.07) is 26.9. The Kier molecular flexibility index (Phi) is 6.42. The second kappa shape index (κ2) is 8.38. The van der Waals surface area contributed by atoms with Gasteiger partial charge in [-0.1, -0.05) is 60.7 Å². The molecule has 0 saturated heterocycles. The van der Waals surface area contributed by atoms with Crippen molar-refractivity contribution in [1.82, 2.24) is 0 Å². The average Bonchev–Trinajstić information content (AvgIpc) is 2.62. The normalized spacial score (nSPS) is 11.5.